The first-order chi connectivity index (χ1) is 7.62. The molecule has 1 rings (SSSR count). The molecule has 0 bridgehead atoms. The fourth-order valence-electron chi connectivity index (χ4n) is 2.15. The highest BCUT2D eigenvalue weighted by atomic mass is 19.1. The highest BCUT2D eigenvalue weighted by Gasteiger charge is 2.25. The van der Waals surface area contributed by atoms with Crippen LogP contribution in [0.15, 0.2) is 24.3 Å². The highest BCUT2D eigenvalue weighted by Crippen LogP contribution is 2.28. The first kappa shape index (κ1) is 13.3. The van der Waals surface area contributed by atoms with Crippen molar-refractivity contribution in [2.75, 3.05) is 0 Å². The molecular weight excluding hydrogens is 198 g/mol. The van der Waals surface area contributed by atoms with Gasteiger partial charge in [-0.25, -0.2) is 4.39 Å². The topological polar surface area (TPSA) is 0 Å². The minimum atomic E-state index is -0.118. The van der Waals surface area contributed by atoms with Crippen LogP contribution >= 0.6 is 0 Å². The molecule has 0 aliphatic heterocycles. The fourth-order valence-corrected chi connectivity index (χ4v) is 2.15. The van der Waals surface area contributed by atoms with Gasteiger partial charge in [-0.3, -0.25) is 0 Å². The molecule has 1 aromatic rings. The van der Waals surface area contributed by atoms with Crippen molar-refractivity contribution >= 4 is 7.28 Å². The number of hydrogen-bond acceptors (Lipinski definition) is 0. The lowest BCUT2D eigenvalue weighted by atomic mass is 9.47. The third-order valence-corrected chi connectivity index (χ3v) is 3.63. The quantitative estimate of drug-likeness (QED) is 0.500. The number of hydrogen-bond donors (Lipinski definition) is 0. The predicted octanol–water partition coefficient (Wildman–Crippen LogP) is 4.11. The van der Waals surface area contributed by atoms with Crippen molar-refractivity contribution < 1.29 is 4.39 Å². The van der Waals surface area contributed by atoms with E-state index in [1.807, 2.05) is 6.07 Å². The van der Waals surface area contributed by atoms with Crippen molar-refractivity contribution in [2.24, 2.45) is 0 Å². The van der Waals surface area contributed by atoms with Gasteiger partial charge in [0.1, 0.15) is 13.1 Å². The molecule has 0 saturated carbocycles. The summed E-state index contributed by atoms with van der Waals surface area (Å²) in [5.74, 6) is -0.118. The predicted molar refractivity (Wildman–Crippen MR) is 70.9 cm³/mol. The molecule has 0 aliphatic rings. The van der Waals surface area contributed by atoms with Gasteiger partial charge in [0.25, 0.3) is 0 Å². The minimum absolute atomic E-state index is 0.118. The van der Waals surface area contributed by atoms with E-state index in [-0.39, 0.29) is 11.1 Å². The van der Waals surface area contributed by atoms with E-state index in [1.165, 1.54) is 25.2 Å². The van der Waals surface area contributed by atoms with Gasteiger partial charge in [0.05, 0.1) is 0 Å². The Labute approximate surface area is 99.5 Å². The number of rotatable bonds is 6. The Bertz CT molecular complexity index is 324. The third kappa shape index (κ3) is 3.36. The van der Waals surface area contributed by atoms with Crippen LogP contribution < -0.4 is 0 Å². The van der Waals surface area contributed by atoms with Gasteiger partial charge in [-0.1, -0.05) is 58.5 Å². The molecule has 0 aliphatic carbocycles. The van der Waals surface area contributed by atoms with Crippen LogP contribution in [-0.4, -0.2) is 7.28 Å². The molecule has 1 atom stereocenters. The van der Waals surface area contributed by atoms with E-state index in [1.54, 1.807) is 6.07 Å². The molecule has 0 saturated heterocycles. The molecule has 0 aromatic heterocycles. The Balaban J connectivity index is 2.78. The van der Waals surface area contributed by atoms with Crippen molar-refractivity contribution in [2.45, 2.75) is 51.7 Å². The van der Waals surface area contributed by atoms with E-state index in [4.69, 9.17) is 0 Å². The summed E-state index contributed by atoms with van der Waals surface area (Å²) in [5, 5.41) is 0.136. The minimum Gasteiger partial charge on any atom is -0.207 e. The van der Waals surface area contributed by atoms with E-state index in [0.29, 0.717) is 0 Å². The van der Waals surface area contributed by atoms with Crippen LogP contribution in [0.4, 0.5) is 4.39 Å². The molecule has 1 unspecified atom stereocenters. The van der Waals surface area contributed by atoms with E-state index >= 15 is 0 Å². The molecule has 0 fully saturated rings. The van der Waals surface area contributed by atoms with E-state index in [0.717, 1.165) is 19.3 Å². The van der Waals surface area contributed by atoms with Crippen LogP contribution in [0.2, 0.25) is 6.32 Å². The van der Waals surface area contributed by atoms with Crippen LogP contribution in [0.5, 0.6) is 0 Å². The summed E-state index contributed by atoms with van der Waals surface area (Å²) >= 11 is 0. The molecule has 0 amide bonds. The molecule has 1 aromatic carbocycles. The summed E-state index contributed by atoms with van der Waals surface area (Å²) in [6.45, 7) is 6.65. The van der Waals surface area contributed by atoms with Crippen molar-refractivity contribution in [3.63, 3.8) is 0 Å². The van der Waals surface area contributed by atoms with Gasteiger partial charge in [-0.05, 0) is 23.0 Å². The molecule has 0 heterocycles. The number of benzene rings is 1. The lowest BCUT2D eigenvalue weighted by Gasteiger charge is -2.28. The largest absolute Gasteiger partial charge is 0.207 e. The zero-order valence-corrected chi connectivity index (χ0v) is 10.7. The summed E-state index contributed by atoms with van der Waals surface area (Å²) in [5.41, 5.74) is 1.14. The van der Waals surface area contributed by atoms with Gasteiger partial charge in [-0.2, -0.15) is 0 Å². The summed E-state index contributed by atoms with van der Waals surface area (Å²) in [6, 6.07) is 7.08. The lowest BCUT2D eigenvalue weighted by Crippen LogP contribution is -2.28. The Morgan fingerprint density at radius 1 is 1.31 bits per heavy atom. The molecule has 88 valence electrons. The molecule has 0 radical (unpaired) electrons. The highest BCUT2D eigenvalue weighted by molar-refractivity contribution is 6.40. The standard InChI is InChI=1S/C14H22BF/c1-4-6-10-15-14(3,5-2)12-8-7-9-13(16)11-12/h7-9,11,15H,4-6,10H2,1-3H3. The Morgan fingerprint density at radius 2 is 2.06 bits per heavy atom. The molecule has 0 N–H and O–H groups in total. The van der Waals surface area contributed by atoms with Crippen molar-refractivity contribution in [3.8, 4) is 0 Å². The van der Waals surface area contributed by atoms with Crippen LogP contribution in [0.1, 0.15) is 45.6 Å². The second kappa shape index (κ2) is 6.07. The van der Waals surface area contributed by atoms with Crippen LogP contribution in [-0.2, 0) is 5.31 Å². The van der Waals surface area contributed by atoms with Gasteiger partial charge < -0.3 is 0 Å². The second-order valence-electron chi connectivity index (χ2n) is 4.88. The van der Waals surface area contributed by atoms with Crippen LogP contribution in [0, 0.1) is 5.82 Å². The van der Waals surface area contributed by atoms with E-state index in [2.05, 4.69) is 26.8 Å². The first-order valence-electron chi connectivity index (χ1n) is 6.38. The summed E-state index contributed by atoms with van der Waals surface area (Å²) < 4.78 is 13.2. The van der Waals surface area contributed by atoms with Crippen molar-refractivity contribution in [1.82, 2.24) is 0 Å². The molecule has 0 nitrogen and oxygen atoms in total. The van der Waals surface area contributed by atoms with E-state index in [9.17, 15) is 4.39 Å². The lowest BCUT2D eigenvalue weighted by molar-refractivity contribution is 0.599. The van der Waals surface area contributed by atoms with Gasteiger partial charge in [0.15, 0.2) is 0 Å². The van der Waals surface area contributed by atoms with Crippen molar-refractivity contribution in [1.29, 1.82) is 0 Å². The van der Waals surface area contributed by atoms with Crippen molar-refractivity contribution in [3.05, 3.63) is 35.6 Å². The SMILES string of the molecule is CCCCBC(C)(CC)c1cccc(F)c1. The number of halogens is 1. The smallest absolute Gasteiger partial charge is 0.133 e. The summed E-state index contributed by atoms with van der Waals surface area (Å²) in [7, 11) is 1.15. The monoisotopic (exact) mass is 220 g/mol. The number of unbranched alkanes of at least 4 members (excludes halogenated alkanes) is 1. The average Bonchev–Trinajstić information content (AvgIpc) is 2.29. The zero-order valence-electron chi connectivity index (χ0n) is 10.7. The van der Waals surface area contributed by atoms with Gasteiger partial charge in [0, 0.05) is 0 Å². The first-order valence-corrected chi connectivity index (χ1v) is 6.38. The van der Waals surface area contributed by atoms with Gasteiger partial charge >= 0.3 is 0 Å². The average molecular weight is 220 g/mol. The Morgan fingerprint density at radius 3 is 2.62 bits per heavy atom. The second-order valence-corrected chi connectivity index (χ2v) is 4.88. The van der Waals surface area contributed by atoms with Gasteiger partial charge in [0.2, 0.25) is 0 Å². The fraction of sp³-hybridized carbons (Fsp3) is 0.571. The molecule has 2 heteroatoms. The third-order valence-electron chi connectivity index (χ3n) is 3.63. The molecule has 0 spiro atoms. The normalized spacial score (nSPS) is 14.5. The van der Waals surface area contributed by atoms with E-state index < -0.39 is 0 Å². The Hall–Kier alpha value is -0.785. The molecular formula is C14H22BF. The van der Waals surface area contributed by atoms with Crippen LogP contribution in [0.3, 0.4) is 0 Å². The van der Waals surface area contributed by atoms with Crippen LogP contribution in [0.25, 0.3) is 0 Å². The summed E-state index contributed by atoms with van der Waals surface area (Å²) in [6.07, 6.45) is 4.81. The van der Waals surface area contributed by atoms with Gasteiger partial charge in [-0.15, -0.1) is 0 Å². The zero-order chi connectivity index (χ0) is 12.0. The maximum atomic E-state index is 13.2. The maximum absolute atomic E-state index is 13.2. The summed E-state index contributed by atoms with van der Waals surface area (Å²) in [4.78, 5) is 0. The maximum Gasteiger partial charge on any atom is 0.133 e. The molecule has 16 heavy (non-hydrogen) atoms. The Kier molecular flexibility index (Phi) is 5.04.